The third-order valence-electron chi connectivity index (χ3n) is 6.68. The fraction of sp³-hybridized carbons (Fsp3) is 0.600. The molecule has 6 rings (SSSR count). The predicted octanol–water partition coefficient (Wildman–Crippen LogP) is 4.20. The Kier molecular flexibility index (Phi) is 3.84. The molecule has 0 aromatic carbocycles. The number of thiazole rings is 1. The van der Waals surface area contributed by atoms with Crippen molar-refractivity contribution in [3.8, 4) is 0 Å². The number of aliphatic imine (C=N–C) groups is 1. The van der Waals surface area contributed by atoms with Crippen molar-refractivity contribution in [1.29, 1.82) is 0 Å². The lowest BCUT2D eigenvalue weighted by Crippen LogP contribution is -2.47. The lowest BCUT2D eigenvalue weighted by molar-refractivity contribution is -0.493. The molecule has 0 saturated heterocycles. The van der Waals surface area contributed by atoms with Gasteiger partial charge in [0.05, 0.1) is 6.20 Å². The number of nitrogens with zero attached hydrogens (tertiary/aromatic N) is 2. The first-order valence-electron chi connectivity index (χ1n) is 9.56. The van der Waals surface area contributed by atoms with Crippen LogP contribution in [0.4, 0.5) is 19.0 Å². The molecule has 2 aromatic heterocycles. The van der Waals surface area contributed by atoms with E-state index < -0.39 is 12.1 Å². The molecule has 0 atom stereocenters. The summed E-state index contributed by atoms with van der Waals surface area (Å²) in [6.45, 7) is 0. The number of hydrogen-bond donors (Lipinski definition) is 0. The van der Waals surface area contributed by atoms with Crippen LogP contribution < -0.4 is 9.51 Å². The lowest BCUT2D eigenvalue weighted by Gasteiger charge is -2.56. The first-order valence-corrected chi connectivity index (χ1v) is 10.4. The number of rotatable bonds is 3. The molecule has 3 nitrogen and oxygen atoms in total. The molecule has 4 saturated carbocycles. The summed E-state index contributed by atoms with van der Waals surface area (Å²) in [6, 6.07) is 5.48. The topological polar surface area (TPSA) is 39.5 Å². The third kappa shape index (κ3) is 3.04. The smallest absolute Gasteiger partial charge is 0.443 e. The van der Waals surface area contributed by atoms with Gasteiger partial charge in [0.15, 0.2) is 10.7 Å². The Morgan fingerprint density at radius 2 is 1.78 bits per heavy atom. The highest BCUT2D eigenvalue weighted by Crippen LogP contribution is 2.61. The molecule has 4 fully saturated rings. The maximum atomic E-state index is 12.8. The van der Waals surface area contributed by atoms with Crippen LogP contribution in [0.5, 0.6) is 0 Å². The van der Waals surface area contributed by atoms with Gasteiger partial charge in [0.1, 0.15) is 4.88 Å². The van der Waals surface area contributed by atoms with E-state index in [-0.39, 0.29) is 11.2 Å². The maximum absolute atomic E-state index is 12.8. The summed E-state index contributed by atoms with van der Waals surface area (Å²) in [5.41, 5.74) is 0.182. The van der Waals surface area contributed by atoms with Crippen molar-refractivity contribution in [2.75, 3.05) is 0 Å². The SMILES string of the molecule is [O-]/C(=N\c1c(CC23CC4CC(CC(C4)C2)C3)sc2cccc[n+]12)C(F)(F)F. The van der Waals surface area contributed by atoms with Crippen molar-refractivity contribution in [3.63, 3.8) is 0 Å². The molecule has 27 heavy (non-hydrogen) atoms. The van der Waals surface area contributed by atoms with Gasteiger partial charge in [-0.05, 0) is 80.2 Å². The Morgan fingerprint density at radius 1 is 1.15 bits per heavy atom. The third-order valence-corrected chi connectivity index (χ3v) is 7.79. The van der Waals surface area contributed by atoms with Crippen molar-refractivity contribution in [2.24, 2.45) is 28.2 Å². The average Bonchev–Trinajstić information content (AvgIpc) is 2.89. The predicted molar refractivity (Wildman–Crippen MR) is 94.9 cm³/mol. The fourth-order valence-corrected chi connectivity index (χ4v) is 7.49. The van der Waals surface area contributed by atoms with E-state index in [2.05, 4.69) is 4.99 Å². The van der Waals surface area contributed by atoms with Gasteiger partial charge in [0, 0.05) is 0 Å². The fourth-order valence-electron chi connectivity index (χ4n) is 6.23. The number of alkyl halides is 3. The standard InChI is InChI=1S/C20H21F3N2OS/c21-20(22,23)18(26)24-17-15(27-16-3-1-2-4-25(16)17)11-19-8-12-5-13(9-19)7-14(6-12)10-19/h1-4,12-14H,5-11H2. The number of pyridine rings is 1. The monoisotopic (exact) mass is 394 g/mol. The zero-order valence-corrected chi connectivity index (χ0v) is 15.7. The molecule has 144 valence electrons. The zero-order valence-electron chi connectivity index (χ0n) is 14.8. The average molecular weight is 394 g/mol. The molecule has 2 aromatic rings. The van der Waals surface area contributed by atoms with E-state index in [4.69, 9.17) is 0 Å². The van der Waals surface area contributed by atoms with Crippen LogP contribution in [0, 0.1) is 23.2 Å². The van der Waals surface area contributed by atoms with Crippen molar-refractivity contribution in [1.82, 2.24) is 0 Å². The number of halogens is 3. The van der Waals surface area contributed by atoms with Gasteiger partial charge in [0.2, 0.25) is 0 Å². The largest absolute Gasteiger partial charge is 0.836 e. The van der Waals surface area contributed by atoms with Crippen molar-refractivity contribution < 1.29 is 22.7 Å². The Hall–Kier alpha value is -1.63. The van der Waals surface area contributed by atoms with Crippen molar-refractivity contribution in [3.05, 3.63) is 29.3 Å². The second-order valence-corrected chi connectivity index (χ2v) is 9.88. The van der Waals surface area contributed by atoms with E-state index in [1.54, 1.807) is 16.7 Å². The molecule has 2 heterocycles. The van der Waals surface area contributed by atoms with Crippen molar-refractivity contribution in [2.45, 2.75) is 51.1 Å². The minimum absolute atomic E-state index is 0.175. The summed E-state index contributed by atoms with van der Waals surface area (Å²) >= 11 is 1.48. The molecular formula is C20H21F3N2OS. The van der Waals surface area contributed by atoms with Crippen LogP contribution in [-0.2, 0) is 6.42 Å². The second kappa shape index (κ2) is 5.93. The van der Waals surface area contributed by atoms with Crippen LogP contribution in [0.1, 0.15) is 43.4 Å². The van der Waals surface area contributed by atoms with E-state index in [0.29, 0.717) is 0 Å². The van der Waals surface area contributed by atoms with Crippen LogP contribution in [0.2, 0.25) is 0 Å². The van der Waals surface area contributed by atoms with Crippen LogP contribution in [0.3, 0.4) is 0 Å². The molecule has 0 amide bonds. The molecule has 0 N–H and O–H groups in total. The summed E-state index contributed by atoms with van der Waals surface area (Å²) in [7, 11) is 0. The van der Waals surface area contributed by atoms with Gasteiger partial charge < -0.3 is 5.11 Å². The minimum atomic E-state index is -4.94. The highest BCUT2D eigenvalue weighted by molar-refractivity contribution is 7.17. The van der Waals surface area contributed by atoms with E-state index >= 15 is 0 Å². The number of aromatic nitrogens is 1. The minimum Gasteiger partial charge on any atom is -0.836 e. The Bertz CT molecular complexity index is 882. The summed E-state index contributed by atoms with van der Waals surface area (Å²) in [5.74, 6) is 0.473. The van der Waals surface area contributed by atoms with Gasteiger partial charge in [-0.2, -0.15) is 17.6 Å². The summed E-state index contributed by atoms with van der Waals surface area (Å²) in [6.07, 6.45) is 4.98. The first-order chi connectivity index (χ1) is 12.8. The number of fused-ring (bicyclic) bond motifs is 1. The molecular weight excluding hydrogens is 373 g/mol. The quantitative estimate of drug-likeness (QED) is 0.437. The van der Waals surface area contributed by atoms with Crippen molar-refractivity contribution >= 4 is 27.9 Å². The van der Waals surface area contributed by atoms with Crippen LogP contribution >= 0.6 is 11.3 Å². The van der Waals surface area contributed by atoms with E-state index in [9.17, 15) is 18.3 Å². The van der Waals surface area contributed by atoms with Gasteiger partial charge in [0.25, 0.3) is 0 Å². The van der Waals surface area contributed by atoms with E-state index in [1.165, 1.54) is 49.9 Å². The second-order valence-electron chi connectivity index (χ2n) is 8.77. The van der Waals surface area contributed by atoms with Gasteiger partial charge in [-0.1, -0.05) is 22.4 Å². The molecule has 7 heteroatoms. The molecule has 0 aliphatic heterocycles. The lowest BCUT2D eigenvalue weighted by atomic mass is 9.49. The summed E-state index contributed by atoms with van der Waals surface area (Å²) in [4.78, 5) is 5.17. The van der Waals surface area contributed by atoms with E-state index in [0.717, 1.165) is 33.9 Å². The first kappa shape index (κ1) is 17.5. The Labute approximate surface area is 159 Å². The molecule has 0 spiro atoms. The molecule has 4 bridgehead atoms. The van der Waals surface area contributed by atoms with Gasteiger partial charge in [-0.25, -0.2) is 0 Å². The maximum Gasteiger partial charge on any atom is 0.443 e. The van der Waals surface area contributed by atoms with E-state index in [1.807, 2.05) is 12.1 Å². The summed E-state index contributed by atoms with van der Waals surface area (Å²) in [5, 5.41) is 11.6. The van der Waals surface area contributed by atoms with Crippen LogP contribution in [-0.4, -0.2) is 12.1 Å². The highest BCUT2D eigenvalue weighted by atomic mass is 32.1. The molecule has 4 aliphatic rings. The Morgan fingerprint density at radius 3 is 2.37 bits per heavy atom. The van der Waals surface area contributed by atoms with Crippen LogP contribution in [0.25, 0.3) is 4.83 Å². The Balaban J connectivity index is 1.56. The van der Waals surface area contributed by atoms with Crippen LogP contribution in [0.15, 0.2) is 29.4 Å². The molecule has 0 unspecified atom stereocenters. The number of hydrogen-bond acceptors (Lipinski definition) is 3. The van der Waals surface area contributed by atoms with Gasteiger partial charge in [-0.15, -0.1) is 0 Å². The zero-order chi connectivity index (χ0) is 18.8. The van der Waals surface area contributed by atoms with Gasteiger partial charge in [-0.3, -0.25) is 0 Å². The highest BCUT2D eigenvalue weighted by Gasteiger charge is 2.51. The van der Waals surface area contributed by atoms with Gasteiger partial charge >= 0.3 is 12.0 Å². The normalized spacial score (nSPS) is 33.1. The molecule has 0 radical (unpaired) electrons. The summed E-state index contributed by atoms with van der Waals surface area (Å²) < 4.78 is 40.2. The molecule has 4 aliphatic carbocycles.